The quantitative estimate of drug-likeness (QED) is 0.240. The summed E-state index contributed by atoms with van der Waals surface area (Å²) in [7, 11) is 1.30. The van der Waals surface area contributed by atoms with Gasteiger partial charge in [-0.2, -0.15) is 0 Å². The topological polar surface area (TPSA) is 93.0 Å². The number of hydrogen-bond acceptors (Lipinski definition) is 6. The van der Waals surface area contributed by atoms with Gasteiger partial charge in [0, 0.05) is 30.8 Å². The van der Waals surface area contributed by atoms with Crippen molar-refractivity contribution >= 4 is 17.6 Å². The minimum atomic E-state index is -0.528. The van der Waals surface area contributed by atoms with Gasteiger partial charge in [0.05, 0.1) is 18.5 Å². The van der Waals surface area contributed by atoms with E-state index < -0.39 is 10.9 Å². The Morgan fingerprint density at radius 2 is 1.78 bits per heavy atom. The van der Waals surface area contributed by atoms with Crippen molar-refractivity contribution in [3.63, 3.8) is 0 Å². The number of nitro groups is 1. The number of rotatable bonds is 12. The van der Waals surface area contributed by atoms with Crippen molar-refractivity contribution in [1.29, 1.82) is 0 Å². The van der Waals surface area contributed by atoms with Gasteiger partial charge >= 0.3 is 5.97 Å². The number of ether oxygens (including phenoxy) is 1. The van der Waals surface area contributed by atoms with E-state index in [-0.39, 0.29) is 30.1 Å². The van der Waals surface area contributed by atoms with E-state index in [2.05, 4.69) is 23.5 Å². The molecular formula is C19H29N3O5. The number of nitro benzene ring substituents is 1. The average molecular weight is 379 g/mol. The number of hydrogen-bond donors (Lipinski definition) is 0. The molecule has 150 valence electrons. The number of carbonyl (C=O) groups is 2. The lowest BCUT2D eigenvalue weighted by Gasteiger charge is -2.23. The molecule has 1 aromatic rings. The van der Waals surface area contributed by atoms with Crippen LogP contribution < -0.4 is 0 Å². The molecule has 8 heteroatoms. The third-order valence-corrected chi connectivity index (χ3v) is 4.45. The second kappa shape index (κ2) is 12.0. The summed E-state index contributed by atoms with van der Waals surface area (Å²) in [6, 6.07) is 5.66. The summed E-state index contributed by atoms with van der Waals surface area (Å²) in [5.41, 5.74) is 0.119. The number of unbranched alkanes of at least 4 members (excludes halogenated alkanes) is 1. The Morgan fingerprint density at radius 3 is 2.37 bits per heavy atom. The molecule has 0 heterocycles. The zero-order chi connectivity index (χ0) is 20.2. The highest BCUT2D eigenvalue weighted by atomic mass is 16.6. The third-order valence-electron chi connectivity index (χ3n) is 4.45. The molecule has 1 amide bonds. The summed E-state index contributed by atoms with van der Waals surface area (Å²) in [5, 5.41) is 10.9. The molecule has 0 saturated heterocycles. The Hall–Kier alpha value is -2.48. The molecule has 0 aliphatic heterocycles. The Labute approximate surface area is 160 Å². The first-order valence-electron chi connectivity index (χ1n) is 9.25. The van der Waals surface area contributed by atoms with E-state index in [0.717, 1.165) is 32.5 Å². The van der Waals surface area contributed by atoms with E-state index >= 15 is 0 Å². The molecule has 27 heavy (non-hydrogen) atoms. The highest BCUT2D eigenvalue weighted by Gasteiger charge is 2.19. The summed E-state index contributed by atoms with van der Waals surface area (Å²) in [5.74, 6) is -0.708. The molecule has 0 aliphatic carbocycles. The molecule has 1 aromatic carbocycles. The minimum absolute atomic E-state index is 0.0905. The number of benzene rings is 1. The molecule has 0 saturated carbocycles. The normalized spacial score (nSPS) is 10.7. The van der Waals surface area contributed by atoms with Crippen LogP contribution in [-0.4, -0.2) is 66.4 Å². The molecule has 8 nitrogen and oxygen atoms in total. The van der Waals surface area contributed by atoms with Gasteiger partial charge in [0.1, 0.15) is 0 Å². The minimum Gasteiger partial charge on any atom is -0.469 e. The summed E-state index contributed by atoms with van der Waals surface area (Å²) in [6.07, 6.45) is 1.81. The van der Waals surface area contributed by atoms with Crippen molar-refractivity contribution in [3.8, 4) is 0 Å². The molecule has 1 rings (SSSR count). The molecule has 0 fully saturated rings. The van der Waals surface area contributed by atoms with E-state index in [0.29, 0.717) is 6.54 Å². The van der Waals surface area contributed by atoms with Crippen LogP contribution in [0.2, 0.25) is 0 Å². The summed E-state index contributed by atoms with van der Waals surface area (Å²) in [4.78, 5) is 38.6. The van der Waals surface area contributed by atoms with Crippen molar-refractivity contribution in [2.75, 3.05) is 39.8 Å². The van der Waals surface area contributed by atoms with Gasteiger partial charge in [0.2, 0.25) is 0 Å². The first-order valence-corrected chi connectivity index (χ1v) is 9.25. The summed E-state index contributed by atoms with van der Waals surface area (Å²) >= 11 is 0. The maximum atomic E-state index is 12.8. The van der Waals surface area contributed by atoms with E-state index in [4.69, 9.17) is 0 Å². The Kier molecular flexibility index (Phi) is 10.0. The second-order valence-electron chi connectivity index (χ2n) is 6.16. The maximum Gasteiger partial charge on any atom is 0.307 e. The largest absolute Gasteiger partial charge is 0.469 e. The fraction of sp³-hybridized carbons (Fsp3) is 0.579. The van der Waals surface area contributed by atoms with Crippen LogP contribution in [-0.2, 0) is 9.53 Å². The lowest BCUT2D eigenvalue weighted by molar-refractivity contribution is -0.384. The number of methoxy groups -OCH3 is 1. The molecule has 0 unspecified atom stereocenters. The van der Waals surface area contributed by atoms with Gasteiger partial charge in [-0.05, 0) is 38.5 Å². The molecule has 0 N–H and O–H groups in total. The van der Waals surface area contributed by atoms with Gasteiger partial charge < -0.3 is 14.5 Å². The van der Waals surface area contributed by atoms with Crippen LogP contribution in [0.5, 0.6) is 0 Å². The molecule has 0 aromatic heterocycles. The van der Waals surface area contributed by atoms with E-state index in [1.54, 1.807) is 11.0 Å². The van der Waals surface area contributed by atoms with Crippen LogP contribution in [0.25, 0.3) is 0 Å². The highest BCUT2D eigenvalue weighted by Crippen LogP contribution is 2.15. The van der Waals surface area contributed by atoms with Gasteiger partial charge in [0.25, 0.3) is 11.6 Å². The first-order chi connectivity index (χ1) is 12.9. The average Bonchev–Trinajstić information content (AvgIpc) is 2.69. The fourth-order valence-electron chi connectivity index (χ4n) is 2.76. The Balaban J connectivity index is 2.77. The van der Waals surface area contributed by atoms with Crippen LogP contribution in [0.3, 0.4) is 0 Å². The van der Waals surface area contributed by atoms with E-state index in [9.17, 15) is 19.7 Å². The van der Waals surface area contributed by atoms with Gasteiger partial charge in [-0.15, -0.1) is 0 Å². The van der Waals surface area contributed by atoms with Crippen LogP contribution in [0.15, 0.2) is 24.3 Å². The predicted molar refractivity (Wildman–Crippen MR) is 103 cm³/mol. The molecule has 0 aliphatic rings. The van der Waals surface area contributed by atoms with Crippen LogP contribution in [0.1, 0.15) is 43.5 Å². The standard InChI is InChI=1S/C19H29N3O5/c1-4-20(5-2)12-6-7-13-21(14-11-18(23)27-3)19(24)16-9-8-10-17(15-16)22(25)26/h8-10,15H,4-7,11-14H2,1-3H3. The maximum absolute atomic E-state index is 12.8. The lowest BCUT2D eigenvalue weighted by atomic mass is 10.1. The van der Waals surface area contributed by atoms with Crippen molar-refractivity contribution in [2.45, 2.75) is 33.1 Å². The zero-order valence-electron chi connectivity index (χ0n) is 16.3. The van der Waals surface area contributed by atoms with Crippen LogP contribution >= 0.6 is 0 Å². The van der Waals surface area contributed by atoms with Gasteiger partial charge in [-0.3, -0.25) is 19.7 Å². The third kappa shape index (κ3) is 7.74. The monoisotopic (exact) mass is 379 g/mol. The summed E-state index contributed by atoms with van der Waals surface area (Å²) < 4.78 is 4.65. The lowest BCUT2D eigenvalue weighted by Crippen LogP contribution is -2.34. The zero-order valence-corrected chi connectivity index (χ0v) is 16.3. The van der Waals surface area contributed by atoms with E-state index in [1.807, 2.05) is 0 Å². The Morgan fingerprint density at radius 1 is 1.11 bits per heavy atom. The van der Waals surface area contributed by atoms with Crippen molar-refractivity contribution in [2.24, 2.45) is 0 Å². The second-order valence-corrected chi connectivity index (χ2v) is 6.16. The van der Waals surface area contributed by atoms with Gasteiger partial charge in [-0.25, -0.2) is 0 Å². The van der Waals surface area contributed by atoms with Gasteiger partial charge in [0.15, 0.2) is 0 Å². The van der Waals surface area contributed by atoms with Crippen LogP contribution in [0, 0.1) is 10.1 Å². The highest BCUT2D eigenvalue weighted by molar-refractivity contribution is 5.95. The molecule has 0 spiro atoms. The number of non-ortho nitro benzene ring substituents is 1. The summed E-state index contributed by atoms with van der Waals surface area (Å²) in [6.45, 7) is 7.84. The van der Waals surface area contributed by atoms with Crippen molar-refractivity contribution < 1.29 is 19.2 Å². The first kappa shape index (κ1) is 22.6. The van der Waals surface area contributed by atoms with E-state index in [1.165, 1.54) is 25.3 Å². The van der Waals surface area contributed by atoms with Gasteiger partial charge in [-0.1, -0.05) is 19.9 Å². The SMILES string of the molecule is CCN(CC)CCCCN(CCC(=O)OC)C(=O)c1cccc([N+](=O)[O-])c1. The predicted octanol–water partition coefficient (Wildman–Crippen LogP) is 2.72. The van der Waals surface area contributed by atoms with Crippen molar-refractivity contribution in [3.05, 3.63) is 39.9 Å². The number of esters is 1. The molecule has 0 bridgehead atoms. The van der Waals surface area contributed by atoms with Crippen molar-refractivity contribution in [1.82, 2.24) is 9.80 Å². The van der Waals surface area contributed by atoms with Crippen LogP contribution in [0.4, 0.5) is 5.69 Å². The molecular weight excluding hydrogens is 350 g/mol. The number of carbonyl (C=O) groups excluding carboxylic acids is 2. The number of amides is 1. The molecule has 0 atom stereocenters. The smallest absolute Gasteiger partial charge is 0.307 e. The fourth-order valence-corrected chi connectivity index (χ4v) is 2.76. The number of nitrogens with zero attached hydrogens (tertiary/aromatic N) is 3. The Bertz CT molecular complexity index is 632. The molecule has 0 radical (unpaired) electrons.